The molecule has 0 saturated carbocycles. The Bertz CT molecular complexity index is 925. The van der Waals surface area contributed by atoms with Crippen molar-refractivity contribution < 1.29 is 17.9 Å². The van der Waals surface area contributed by atoms with Gasteiger partial charge in [-0.2, -0.15) is 0 Å². The molecule has 1 N–H and O–H groups in total. The molecule has 0 aliphatic rings. The van der Waals surface area contributed by atoms with Crippen LogP contribution in [0.4, 0.5) is 5.69 Å². The van der Waals surface area contributed by atoms with Crippen LogP contribution in [0.25, 0.3) is 0 Å². The van der Waals surface area contributed by atoms with Gasteiger partial charge < -0.3 is 10.1 Å². The lowest BCUT2D eigenvalue weighted by Gasteiger charge is -2.29. The summed E-state index contributed by atoms with van der Waals surface area (Å²) >= 11 is 0. The largest absolute Gasteiger partial charge is 0.495 e. The minimum atomic E-state index is -3.71. The number of hydrogen-bond acceptors (Lipinski definition) is 4. The van der Waals surface area contributed by atoms with Crippen LogP contribution in [0.1, 0.15) is 23.6 Å². The van der Waals surface area contributed by atoms with Crippen molar-refractivity contribution in [3.63, 3.8) is 0 Å². The highest BCUT2D eigenvalue weighted by molar-refractivity contribution is 7.92. The van der Waals surface area contributed by atoms with E-state index in [9.17, 15) is 13.2 Å². The number of ether oxygens (including phenoxy) is 1. The maximum atomic E-state index is 12.7. The predicted molar refractivity (Wildman–Crippen MR) is 108 cm³/mol. The van der Waals surface area contributed by atoms with Gasteiger partial charge in [-0.15, -0.1) is 0 Å². The summed E-state index contributed by atoms with van der Waals surface area (Å²) in [4.78, 5) is 12.7. The number of nitrogens with one attached hydrogen (secondary N) is 1. The second-order valence-electron chi connectivity index (χ2n) is 6.55. The van der Waals surface area contributed by atoms with Crippen LogP contribution in [0.5, 0.6) is 5.75 Å². The van der Waals surface area contributed by atoms with E-state index in [0.29, 0.717) is 18.0 Å². The summed E-state index contributed by atoms with van der Waals surface area (Å²) in [6.07, 6.45) is 1.08. The van der Waals surface area contributed by atoms with Crippen LogP contribution in [0.3, 0.4) is 0 Å². The van der Waals surface area contributed by atoms with E-state index >= 15 is 0 Å². The Balaban J connectivity index is 2.30. The van der Waals surface area contributed by atoms with Crippen LogP contribution in [0, 0.1) is 13.8 Å². The lowest BCUT2D eigenvalue weighted by Crippen LogP contribution is -2.47. The van der Waals surface area contributed by atoms with Gasteiger partial charge in [-0.05, 0) is 49.6 Å². The molecule has 0 heterocycles. The van der Waals surface area contributed by atoms with Gasteiger partial charge in [0.05, 0.1) is 19.1 Å². The molecule has 2 aromatic rings. The van der Waals surface area contributed by atoms with Crippen LogP contribution in [0.2, 0.25) is 0 Å². The number of aryl methyl sites for hydroxylation is 2. The van der Waals surface area contributed by atoms with Crippen molar-refractivity contribution in [1.29, 1.82) is 0 Å². The summed E-state index contributed by atoms with van der Waals surface area (Å²) in [5, 5.41) is 2.83. The topological polar surface area (TPSA) is 75.7 Å². The van der Waals surface area contributed by atoms with Gasteiger partial charge >= 0.3 is 0 Å². The first-order valence-corrected chi connectivity index (χ1v) is 10.5. The van der Waals surface area contributed by atoms with Crippen molar-refractivity contribution in [2.75, 3.05) is 17.7 Å². The van der Waals surface area contributed by atoms with E-state index in [1.165, 1.54) is 7.11 Å². The van der Waals surface area contributed by atoms with Gasteiger partial charge in [-0.3, -0.25) is 9.10 Å². The fourth-order valence-electron chi connectivity index (χ4n) is 2.89. The number of hydrogen-bond donors (Lipinski definition) is 1. The molecule has 0 aliphatic carbocycles. The Labute approximate surface area is 161 Å². The molecule has 146 valence electrons. The molecular formula is C20H26N2O4S. The number of methoxy groups -OCH3 is 1. The first-order chi connectivity index (χ1) is 12.6. The SMILES string of the molecule is COc1ccc(C)cc1N([C@@H](C)C(=O)NCc1ccccc1C)S(C)(=O)=O. The maximum Gasteiger partial charge on any atom is 0.243 e. The molecule has 1 atom stereocenters. The number of anilines is 1. The first-order valence-electron chi connectivity index (χ1n) is 8.61. The number of benzene rings is 2. The number of carbonyl (C=O) groups excluding carboxylic acids is 1. The van der Waals surface area contributed by atoms with Crippen molar-refractivity contribution in [2.45, 2.75) is 33.4 Å². The maximum absolute atomic E-state index is 12.7. The molecule has 27 heavy (non-hydrogen) atoms. The molecular weight excluding hydrogens is 364 g/mol. The molecule has 0 unspecified atom stereocenters. The van der Waals surface area contributed by atoms with Gasteiger partial charge in [-0.1, -0.05) is 30.3 Å². The van der Waals surface area contributed by atoms with E-state index in [1.807, 2.05) is 44.2 Å². The summed E-state index contributed by atoms with van der Waals surface area (Å²) in [6.45, 7) is 5.71. The van der Waals surface area contributed by atoms with Gasteiger partial charge in [-0.25, -0.2) is 8.42 Å². The van der Waals surface area contributed by atoms with E-state index in [0.717, 1.165) is 27.3 Å². The average Bonchev–Trinajstić information content (AvgIpc) is 2.60. The average molecular weight is 391 g/mol. The van der Waals surface area contributed by atoms with Gasteiger partial charge in [0.25, 0.3) is 0 Å². The molecule has 6 nitrogen and oxygen atoms in total. The Kier molecular flexibility index (Phi) is 6.49. The van der Waals surface area contributed by atoms with E-state index in [1.54, 1.807) is 19.1 Å². The highest BCUT2D eigenvalue weighted by Crippen LogP contribution is 2.32. The number of rotatable bonds is 7. The fourth-order valence-corrected chi connectivity index (χ4v) is 4.06. The molecule has 2 rings (SSSR count). The molecule has 0 radical (unpaired) electrons. The van der Waals surface area contributed by atoms with Crippen molar-refractivity contribution in [3.8, 4) is 5.75 Å². The van der Waals surface area contributed by atoms with Crippen LogP contribution < -0.4 is 14.4 Å². The molecule has 0 aliphatic heterocycles. The van der Waals surface area contributed by atoms with Crippen LogP contribution in [-0.4, -0.2) is 33.7 Å². The van der Waals surface area contributed by atoms with E-state index in [4.69, 9.17) is 4.74 Å². The third-order valence-electron chi connectivity index (χ3n) is 4.37. The van der Waals surface area contributed by atoms with Crippen molar-refractivity contribution in [1.82, 2.24) is 5.32 Å². The van der Waals surface area contributed by atoms with Gasteiger partial charge in [0.2, 0.25) is 15.9 Å². The van der Waals surface area contributed by atoms with Gasteiger partial charge in [0, 0.05) is 6.54 Å². The highest BCUT2D eigenvalue weighted by atomic mass is 32.2. The quantitative estimate of drug-likeness (QED) is 0.789. The Morgan fingerprint density at radius 3 is 2.44 bits per heavy atom. The van der Waals surface area contributed by atoms with Gasteiger partial charge in [0.1, 0.15) is 11.8 Å². The highest BCUT2D eigenvalue weighted by Gasteiger charge is 2.31. The summed E-state index contributed by atoms with van der Waals surface area (Å²) in [5.41, 5.74) is 3.26. The Hall–Kier alpha value is -2.54. The molecule has 0 saturated heterocycles. The standard InChI is InChI=1S/C20H26N2O4S/c1-14-10-11-19(26-4)18(12-14)22(27(5,24)25)16(3)20(23)21-13-17-9-7-6-8-15(17)2/h6-12,16H,13H2,1-5H3,(H,21,23)/t16-/m0/s1. The van der Waals surface area contributed by atoms with Crippen molar-refractivity contribution in [2.24, 2.45) is 0 Å². The van der Waals surface area contributed by atoms with Crippen molar-refractivity contribution >= 4 is 21.6 Å². The second-order valence-corrected chi connectivity index (χ2v) is 8.41. The summed E-state index contributed by atoms with van der Waals surface area (Å²) in [7, 11) is -2.24. The third kappa shape index (κ3) is 5.01. The smallest absolute Gasteiger partial charge is 0.243 e. The van der Waals surface area contributed by atoms with Crippen LogP contribution in [0.15, 0.2) is 42.5 Å². The lowest BCUT2D eigenvalue weighted by atomic mass is 10.1. The monoisotopic (exact) mass is 390 g/mol. The van der Waals surface area contributed by atoms with Gasteiger partial charge in [0.15, 0.2) is 0 Å². The third-order valence-corrected chi connectivity index (χ3v) is 5.60. The molecule has 0 fully saturated rings. The minimum absolute atomic E-state index is 0.332. The van der Waals surface area contributed by atoms with E-state index in [2.05, 4.69) is 5.32 Å². The Morgan fingerprint density at radius 1 is 1.19 bits per heavy atom. The number of sulfonamides is 1. The fraction of sp³-hybridized carbons (Fsp3) is 0.350. The normalized spacial score (nSPS) is 12.3. The molecule has 1 amide bonds. The molecule has 0 aromatic heterocycles. The second kappa shape index (κ2) is 8.43. The lowest BCUT2D eigenvalue weighted by molar-refractivity contribution is -0.122. The summed E-state index contributed by atoms with van der Waals surface area (Å²) < 4.78 is 31.4. The predicted octanol–water partition coefficient (Wildman–Crippen LogP) is 2.78. The Morgan fingerprint density at radius 2 is 1.85 bits per heavy atom. The summed E-state index contributed by atoms with van der Waals surface area (Å²) in [5.74, 6) is 0.0109. The zero-order valence-corrected chi connectivity index (χ0v) is 17.1. The molecule has 0 bridgehead atoms. The van der Waals surface area contributed by atoms with E-state index in [-0.39, 0.29) is 5.91 Å². The molecule has 0 spiro atoms. The van der Waals surface area contributed by atoms with E-state index < -0.39 is 16.1 Å². The number of amides is 1. The molecule has 2 aromatic carbocycles. The zero-order valence-electron chi connectivity index (χ0n) is 16.3. The number of nitrogens with zero attached hydrogens (tertiary/aromatic N) is 1. The molecule has 7 heteroatoms. The minimum Gasteiger partial charge on any atom is -0.495 e. The zero-order chi connectivity index (χ0) is 20.2. The summed E-state index contributed by atoms with van der Waals surface area (Å²) in [6, 6.07) is 12.0. The number of carbonyl (C=O) groups is 1. The van der Waals surface area contributed by atoms with Crippen LogP contribution in [-0.2, 0) is 21.4 Å². The van der Waals surface area contributed by atoms with Crippen LogP contribution >= 0.6 is 0 Å². The van der Waals surface area contributed by atoms with Crippen molar-refractivity contribution in [3.05, 3.63) is 59.2 Å². The first kappa shape index (κ1) is 20.8.